The number of rotatable bonds is 6. The molecule has 1 aliphatic heterocycles. The molecule has 1 aromatic carbocycles. The Labute approximate surface area is 185 Å². The molecule has 2 aromatic rings. The molecule has 0 radical (unpaired) electrons. The van der Waals surface area contributed by atoms with Crippen molar-refractivity contribution in [3.05, 3.63) is 47.7 Å². The van der Waals surface area contributed by atoms with Crippen molar-refractivity contribution in [1.82, 2.24) is 20.0 Å². The third-order valence-corrected chi connectivity index (χ3v) is 4.54. The quantitative estimate of drug-likeness (QED) is 0.709. The molecule has 28 heavy (non-hydrogen) atoms. The summed E-state index contributed by atoms with van der Waals surface area (Å²) in [6.07, 6.45) is 1.73. The van der Waals surface area contributed by atoms with Crippen LogP contribution < -0.4 is 10.6 Å². The van der Waals surface area contributed by atoms with E-state index in [1.807, 2.05) is 10.7 Å². The molecule has 0 spiro atoms. The lowest BCUT2D eigenvalue weighted by molar-refractivity contribution is -0.117. The summed E-state index contributed by atoms with van der Waals surface area (Å²) < 4.78 is 1.83. The molecular weight excluding hydrogens is 421 g/mol. The van der Waals surface area contributed by atoms with E-state index in [1.165, 1.54) is 11.1 Å². The molecule has 0 atom stereocenters. The number of anilines is 1. The number of carbonyl (C=O) groups is 1. The van der Waals surface area contributed by atoms with Crippen LogP contribution in [0.25, 0.3) is 0 Å². The summed E-state index contributed by atoms with van der Waals surface area (Å²) in [6, 6.07) is 10.4. The maximum atomic E-state index is 12.3. The number of nitrogens with zero attached hydrogens (tertiary/aromatic N) is 3. The van der Waals surface area contributed by atoms with E-state index in [4.69, 9.17) is 0 Å². The first kappa shape index (κ1) is 26.7. The van der Waals surface area contributed by atoms with Gasteiger partial charge in [-0.25, -0.2) is 4.68 Å². The van der Waals surface area contributed by atoms with Crippen LogP contribution in [0.1, 0.15) is 30.9 Å². The second-order valence-corrected chi connectivity index (χ2v) is 6.84. The van der Waals surface area contributed by atoms with Crippen molar-refractivity contribution in [2.45, 2.75) is 26.3 Å². The van der Waals surface area contributed by atoms with Gasteiger partial charge in [-0.2, -0.15) is 5.10 Å². The highest BCUT2D eigenvalue weighted by molar-refractivity contribution is 5.91. The van der Waals surface area contributed by atoms with Gasteiger partial charge in [-0.1, -0.05) is 38.1 Å². The minimum Gasteiger partial charge on any atom is -0.314 e. The highest BCUT2D eigenvalue weighted by atomic mass is 35.5. The topological polar surface area (TPSA) is 62.2 Å². The Kier molecular flexibility index (Phi) is 12.4. The fourth-order valence-electron chi connectivity index (χ4n) is 3.00. The van der Waals surface area contributed by atoms with E-state index in [-0.39, 0.29) is 43.1 Å². The van der Waals surface area contributed by atoms with Crippen LogP contribution >= 0.6 is 37.2 Å². The molecular formula is C19H30Cl3N5O. The van der Waals surface area contributed by atoms with Crippen molar-refractivity contribution < 1.29 is 4.79 Å². The highest BCUT2D eigenvalue weighted by Crippen LogP contribution is 2.16. The van der Waals surface area contributed by atoms with E-state index in [1.54, 1.807) is 6.20 Å². The third kappa shape index (κ3) is 7.60. The molecule has 3 rings (SSSR count). The predicted octanol–water partition coefficient (Wildman–Crippen LogP) is 3.16. The van der Waals surface area contributed by atoms with Crippen molar-refractivity contribution in [2.24, 2.45) is 0 Å². The Hall–Kier alpha value is -1.31. The monoisotopic (exact) mass is 449 g/mol. The van der Waals surface area contributed by atoms with Gasteiger partial charge in [0.1, 0.15) is 5.82 Å². The van der Waals surface area contributed by atoms with Gasteiger partial charge >= 0.3 is 0 Å². The number of halogens is 3. The molecule has 1 saturated heterocycles. The average Bonchev–Trinajstić information content (AvgIpc) is 3.03. The van der Waals surface area contributed by atoms with E-state index >= 15 is 0 Å². The van der Waals surface area contributed by atoms with Crippen LogP contribution in [0, 0.1) is 0 Å². The van der Waals surface area contributed by atoms with Gasteiger partial charge in [0, 0.05) is 32.2 Å². The fourth-order valence-corrected chi connectivity index (χ4v) is 3.00. The first-order chi connectivity index (χ1) is 12.1. The van der Waals surface area contributed by atoms with E-state index in [0.29, 0.717) is 19.0 Å². The first-order valence-corrected chi connectivity index (χ1v) is 8.95. The van der Waals surface area contributed by atoms with Crippen LogP contribution in [-0.4, -0.2) is 53.3 Å². The van der Waals surface area contributed by atoms with Crippen LogP contribution in [0.5, 0.6) is 0 Å². The second-order valence-electron chi connectivity index (χ2n) is 6.84. The smallest absolute Gasteiger partial charge is 0.239 e. The lowest BCUT2D eigenvalue weighted by Crippen LogP contribution is -2.46. The molecule has 1 aromatic heterocycles. The molecule has 1 fully saturated rings. The largest absolute Gasteiger partial charge is 0.314 e. The Morgan fingerprint density at radius 2 is 1.75 bits per heavy atom. The van der Waals surface area contributed by atoms with Gasteiger partial charge in [-0.3, -0.25) is 9.69 Å². The normalized spacial score (nSPS) is 13.8. The van der Waals surface area contributed by atoms with Gasteiger partial charge in [0.25, 0.3) is 0 Å². The number of amides is 1. The van der Waals surface area contributed by atoms with Gasteiger partial charge in [0.15, 0.2) is 0 Å². The summed E-state index contributed by atoms with van der Waals surface area (Å²) in [4.78, 5) is 14.5. The minimum absolute atomic E-state index is 0. The summed E-state index contributed by atoms with van der Waals surface area (Å²) in [5, 5.41) is 10.6. The maximum Gasteiger partial charge on any atom is 0.239 e. The molecule has 1 amide bonds. The summed E-state index contributed by atoms with van der Waals surface area (Å²) in [7, 11) is 0. The summed E-state index contributed by atoms with van der Waals surface area (Å²) in [5.41, 5.74) is 2.50. The van der Waals surface area contributed by atoms with Crippen LogP contribution in [0.2, 0.25) is 0 Å². The Morgan fingerprint density at radius 3 is 2.36 bits per heavy atom. The molecule has 6 nitrogen and oxygen atoms in total. The van der Waals surface area contributed by atoms with Crippen molar-refractivity contribution >= 4 is 48.9 Å². The van der Waals surface area contributed by atoms with E-state index in [0.717, 1.165) is 32.0 Å². The van der Waals surface area contributed by atoms with Gasteiger partial charge < -0.3 is 10.6 Å². The van der Waals surface area contributed by atoms with Crippen molar-refractivity contribution in [2.75, 3.05) is 38.0 Å². The summed E-state index contributed by atoms with van der Waals surface area (Å²) in [6.45, 7) is 9.16. The van der Waals surface area contributed by atoms with Gasteiger partial charge in [-0.15, -0.1) is 37.2 Å². The molecule has 0 aliphatic carbocycles. The zero-order valence-corrected chi connectivity index (χ0v) is 18.7. The van der Waals surface area contributed by atoms with E-state index < -0.39 is 0 Å². The molecule has 158 valence electrons. The lowest BCUT2D eigenvalue weighted by Gasteiger charge is -2.26. The number of nitrogens with one attached hydrogen (secondary N) is 2. The zero-order valence-electron chi connectivity index (χ0n) is 16.3. The maximum absolute atomic E-state index is 12.3. The minimum atomic E-state index is 0. The number of aromatic nitrogens is 2. The average molecular weight is 451 g/mol. The van der Waals surface area contributed by atoms with Crippen LogP contribution in [0.3, 0.4) is 0 Å². The first-order valence-electron chi connectivity index (χ1n) is 8.95. The van der Waals surface area contributed by atoms with Gasteiger partial charge in [0.05, 0.1) is 19.3 Å². The van der Waals surface area contributed by atoms with Crippen molar-refractivity contribution in [3.8, 4) is 0 Å². The second kappa shape index (κ2) is 13.0. The van der Waals surface area contributed by atoms with Crippen molar-refractivity contribution in [3.63, 3.8) is 0 Å². The Morgan fingerprint density at radius 1 is 1.11 bits per heavy atom. The molecule has 9 heteroatoms. The summed E-state index contributed by atoms with van der Waals surface area (Å²) >= 11 is 0. The lowest BCUT2D eigenvalue weighted by atomic mass is 10.0. The molecule has 2 N–H and O–H groups in total. The van der Waals surface area contributed by atoms with Crippen LogP contribution in [0.15, 0.2) is 36.5 Å². The zero-order chi connectivity index (χ0) is 17.6. The predicted molar refractivity (Wildman–Crippen MR) is 122 cm³/mol. The third-order valence-electron chi connectivity index (χ3n) is 4.54. The molecule has 2 heterocycles. The van der Waals surface area contributed by atoms with E-state index in [2.05, 4.69) is 58.7 Å². The molecule has 0 saturated carbocycles. The van der Waals surface area contributed by atoms with Gasteiger partial charge in [0.2, 0.25) is 5.91 Å². The molecule has 1 aliphatic rings. The highest BCUT2D eigenvalue weighted by Gasteiger charge is 2.15. The number of benzene rings is 1. The summed E-state index contributed by atoms with van der Waals surface area (Å²) in [5.74, 6) is 1.28. The van der Waals surface area contributed by atoms with Crippen LogP contribution in [-0.2, 0) is 11.3 Å². The number of hydrogen-bond donors (Lipinski definition) is 2. The van der Waals surface area contributed by atoms with Crippen LogP contribution in [0.4, 0.5) is 5.82 Å². The van der Waals surface area contributed by atoms with Gasteiger partial charge in [-0.05, 0) is 17.0 Å². The number of piperazine rings is 1. The number of hydrogen-bond acceptors (Lipinski definition) is 4. The van der Waals surface area contributed by atoms with E-state index in [9.17, 15) is 4.79 Å². The Balaban J connectivity index is 0.00000243. The fraction of sp³-hybridized carbons (Fsp3) is 0.474. The number of carbonyl (C=O) groups excluding carboxylic acids is 1. The Bertz CT molecular complexity index is 700. The molecule has 0 unspecified atom stereocenters. The standard InChI is InChI=1S/C19H27N5O.3ClH/c1-15(2)17-5-3-16(4-6-17)13-24-18(7-8-21-24)22-19(25)14-23-11-9-20-10-12-23;;;/h3-8,15,20H,9-14H2,1-2H3,(H,22,25);3*1H. The molecule has 0 bridgehead atoms. The van der Waals surface area contributed by atoms with Crippen molar-refractivity contribution in [1.29, 1.82) is 0 Å². The SMILES string of the molecule is CC(C)c1ccc(Cn2nccc2NC(=O)CN2CCNCC2)cc1.Cl.Cl.Cl.